The van der Waals surface area contributed by atoms with E-state index in [1.807, 2.05) is 11.8 Å². The Labute approximate surface area is 125 Å². The van der Waals surface area contributed by atoms with E-state index in [0.29, 0.717) is 9.72 Å². The van der Waals surface area contributed by atoms with Crippen LogP contribution in [0, 0.1) is 5.82 Å². The molecule has 0 saturated heterocycles. The summed E-state index contributed by atoms with van der Waals surface area (Å²) in [5.74, 6) is -0.802. The van der Waals surface area contributed by atoms with E-state index >= 15 is 0 Å². The highest BCUT2D eigenvalue weighted by molar-refractivity contribution is 9.10. The lowest BCUT2D eigenvalue weighted by Crippen LogP contribution is -2.38. The van der Waals surface area contributed by atoms with Crippen LogP contribution in [-0.4, -0.2) is 23.5 Å². The van der Waals surface area contributed by atoms with Crippen molar-refractivity contribution in [3.8, 4) is 0 Å². The molecule has 1 saturated carbocycles. The van der Waals surface area contributed by atoms with E-state index in [-0.39, 0.29) is 17.5 Å². The van der Waals surface area contributed by atoms with E-state index in [2.05, 4.69) is 27.5 Å². The Balaban J connectivity index is 1.96. The average Bonchev–Trinajstić information content (AvgIpc) is 2.42. The highest BCUT2D eigenvalue weighted by atomic mass is 79.9. The van der Waals surface area contributed by atoms with Gasteiger partial charge in [-0.25, -0.2) is 4.39 Å². The lowest BCUT2D eigenvalue weighted by Gasteiger charge is -2.28. The molecule has 0 radical (unpaired) electrons. The van der Waals surface area contributed by atoms with E-state index in [4.69, 9.17) is 0 Å². The molecule has 0 bridgehead atoms. The van der Waals surface area contributed by atoms with Crippen LogP contribution in [0.3, 0.4) is 0 Å². The van der Waals surface area contributed by atoms with Gasteiger partial charge in [-0.1, -0.05) is 6.07 Å². The minimum atomic E-state index is -0.488. The van der Waals surface area contributed by atoms with Gasteiger partial charge in [0.05, 0.1) is 10.0 Å². The second-order valence-electron chi connectivity index (χ2n) is 4.78. The van der Waals surface area contributed by atoms with Gasteiger partial charge in [0, 0.05) is 11.3 Å². The number of hydrogen-bond acceptors (Lipinski definition) is 2. The van der Waals surface area contributed by atoms with Crippen LogP contribution in [0.15, 0.2) is 22.7 Å². The maximum Gasteiger partial charge on any atom is 0.254 e. The smallest absolute Gasteiger partial charge is 0.254 e. The fourth-order valence-electron chi connectivity index (χ4n) is 2.39. The van der Waals surface area contributed by atoms with Gasteiger partial charge in [-0.05, 0) is 60.0 Å². The summed E-state index contributed by atoms with van der Waals surface area (Å²) in [5.41, 5.74) is 0.112. The molecule has 2 rings (SSSR count). The summed E-state index contributed by atoms with van der Waals surface area (Å²) in [7, 11) is 0. The van der Waals surface area contributed by atoms with Crippen LogP contribution in [0.5, 0.6) is 0 Å². The number of carbonyl (C=O) groups is 1. The number of halogens is 2. The Kier molecular flexibility index (Phi) is 5.28. The lowest BCUT2D eigenvalue weighted by molar-refractivity contribution is 0.0924. The van der Waals surface area contributed by atoms with E-state index in [0.717, 1.165) is 25.7 Å². The van der Waals surface area contributed by atoms with E-state index in [1.165, 1.54) is 6.07 Å². The third kappa shape index (κ3) is 3.72. The Bertz CT molecular complexity index is 461. The molecule has 0 unspecified atom stereocenters. The molecule has 1 aromatic carbocycles. The Morgan fingerprint density at radius 2 is 2.05 bits per heavy atom. The quantitative estimate of drug-likeness (QED) is 0.897. The number of nitrogens with one attached hydrogen (secondary N) is 1. The molecule has 19 heavy (non-hydrogen) atoms. The third-order valence-electron chi connectivity index (χ3n) is 3.54. The van der Waals surface area contributed by atoms with Crippen molar-refractivity contribution in [2.24, 2.45) is 0 Å². The number of rotatable bonds is 3. The summed E-state index contributed by atoms with van der Waals surface area (Å²) in [6.07, 6.45) is 6.32. The fourth-order valence-corrected chi connectivity index (χ4v) is 3.49. The molecular formula is C14H17BrFNOS. The number of thioether (sulfide) groups is 1. The lowest BCUT2D eigenvalue weighted by atomic mass is 9.94. The van der Waals surface area contributed by atoms with E-state index in [9.17, 15) is 9.18 Å². The number of carbonyl (C=O) groups excluding carboxylic acids is 1. The second kappa shape index (κ2) is 6.75. The molecular weight excluding hydrogens is 329 g/mol. The van der Waals surface area contributed by atoms with E-state index in [1.54, 1.807) is 12.1 Å². The van der Waals surface area contributed by atoms with Gasteiger partial charge in [0.25, 0.3) is 5.91 Å². The van der Waals surface area contributed by atoms with Crippen molar-refractivity contribution < 1.29 is 9.18 Å². The van der Waals surface area contributed by atoms with Gasteiger partial charge in [0.2, 0.25) is 0 Å². The summed E-state index contributed by atoms with van der Waals surface area (Å²) in [6, 6.07) is 4.96. The largest absolute Gasteiger partial charge is 0.349 e. The minimum absolute atomic E-state index is 0.112. The van der Waals surface area contributed by atoms with Gasteiger partial charge >= 0.3 is 0 Å². The SMILES string of the molecule is CSC1CCC(NC(=O)c2cccc(Br)c2F)CC1. The van der Waals surface area contributed by atoms with Crippen molar-refractivity contribution in [2.75, 3.05) is 6.26 Å². The summed E-state index contributed by atoms with van der Waals surface area (Å²) < 4.78 is 14.1. The van der Waals surface area contributed by atoms with Crippen LogP contribution in [0.4, 0.5) is 4.39 Å². The summed E-state index contributed by atoms with van der Waals surface area (Å²) >= 11 is 4.99. The fraction of sp³-hybridized carbons (Fsp3) is 0.500. The van der Waals surface area contributed by atoms with E-state index < -0.39 is 5.82 Å². The first kappa shape index (κ1) is 14.9. The van der Waals surface area contributed by atoms with Crippen molar-refractivity contribution >= 4 is 33.6 Å². The van der Waals surface area contributed by atoms with Crippen LogP contribution in [0.1, 0.15) is 36.0 Å². The highest BCUT2D eigenvalue weighted by Crippen LogP contribution is 2.27. The highest BCUT2D eigenvalue weighted by Gasteiger charge is 2.23. The molecule has 1 fully saturated rings. The normalized spacial score (nSPS) is 23.1. The molecule has 5 heteroatoms. The zero-order valence-electron chi connectivity index (χ0n) is 10.8. The molecule has 104 valence electrons. The maximum atomic E-state index is 13.8. The topological polar surface area (TPSA) is 29.1 Å². The Hall–Kier alpha value is -0.550. The van der Waals surface area contributed by atoms with Crippen molar-refractivity contribution in [3.05, 3.63) is 34.1 Å². The van der Waals surface area contributed by atoms with Gasteiger partial charge in [-0.15, -0.1) is 0 Å². The molecule has 2 nitrogen and oxygen atoms in total. The predicted molar refractivity (Wildman–Crippen MR) is 81.1 cm³/mol. The van der Waals surface area contributed by atoms with Gasteiger partial charge < -0.3 is 5.32 Å². The molecule has 0 spiro atoms. The molecule has 1 N–H and O–H groups in total. The maximum absolute atomic E-state index is 13.8. The summed E-state index contributed by atoms with van der Waals surface area (Å²) in [6.45, 7) is 0. The average molecular weight is 346 g/mol. The van der Waals surface area contributed by atoms with Gasteiger partial charge in [0.15, 0.2) is 0 Å². The molecule has 0 aliphatic heterocycles. The zero-order valence-corrected chi connectivity index (χ0v) is 13.2. The second-order valence-corrected chi connectivity index (χ2v) is 6.78. The monoisotopic (exact) mass is 345 g/mol. The Morgan fingerprint density at radius 3 is 2.68 bits per heavy atom. The van der Waals surface area contributed by atoms with Crippen molar-refractivity contribution in [3.63, 3.8) is 0 Å². The van der Waals surface area contributed by atoms with Crippen LogP contribution in [-0.2, 0) is 0 Å². The third-order valence-corrected chi connectivity index (χ3v) is 5.29. The molecule has 1 amide bonds. The van der Waals surface area contributed by atoms with Crippen molar-refractivity contribution in [1.29, 1.82) is 0 Å². The van der Waals surface area contributed by atoms with Crippen molar-refractivity contribution in [1.82, 2.24) is 5.32 Å². The molecule has 0 atom stereocenters. The first-order valence-corrected chi connectivity index (χ1v) is 8.47. The van der Waals surface area contributed by atoms with Crippen molar-refractivity contribution in [2.45, 2.75) is 37.0 Å². The van der Waals surface area contributed by atoms with Crippen LogP contribution in [0.2, 0.25) is 0 Å². The van der Waals surface area contributed by atoms with Crippen LogP contribution in [0.25, 0.3) is 0 Å². The number of benzene rings is 1. The first-order valence-electron chi connectivity index (χ1n) is 6.39. The van der Waals surface area contributed by atoms with Gasteiger partial charge in [0.1, 0.15) is 5.82 Å². The first-order chi connectivity index (χ1) is 9.11. The predicted octanol–water partition coefficient (Wildman–Crippen LogP) is 3.99. The minimum Gasteiger partial charge on any atom is -0.349 e. The van der Waals surface area contributed by atoms with Crippen LogP contribution >= 0.6 is 27.7 Å². The standard InChI is InChI=1S/C14H17BrFNOS/c1-19-10-7-5-9(6-8-10)17-14(18)11-3-2-4-12(15)13(11)16/h2-4,9-10H,5-8H2,1H3,(H,17,18). The molecule has 1 aliphatic rings. The molecule has 1 aromatic rings. The van der Waals surface area contributed by atoms with Crippen LogP contribution < -0.4 is 5.32 Å². The van der Waals surface area contributed by atoms with Gasteiger partial charge in [-0.3, -0.25) is 4.79 Å². The number of hydrogen-bond donors (Lipinski definition) is 1. The van der Waals surface area contributed by atoms with Gasteiger partial charge in [-0.2, -0.15) is 11.8 Å². The summed E-state index contributed by atoms with van der Waals surface area (Å²) in [4.78, 5) is 12.1. The number of amides is 1. The molecule has 1 aliphatic carbocycles. The molecule has 0 heterocycles. The summed E-state index contributed by atoms with van der Waals surface area (Å²) in [5, 5.41) is 3.64. The Morgan fingerprint density at radius 1 is 1.37 bits per heavy atom. The zero-order chi connectivity index (χ0) is 13.8. The molecule has 0 aromatic heterocycles.